The molecular formula is C16H21FN4O. The molecule has 0 amide bonds. The fraction of sp³-hybridized carbons (Fsp3) is 0.375. The van der Waals surface area contributed by atoms with Crippen LogP contribution < -0.4 is 10.6 Å². The van der Waals surface area contributed by atoms with Gasteiger partial charge in [-0.05, 0) is 24.5 Å². The maximum absolute atomic E-state index is 13.5. The number of hydrogen-bond donors (Lipinski definition) is 2. The second kappa shape index (κ2) is 8.94. The molecule has 2 rings (SSSR count). The summed E-state index contributed by atoms with van der Waals surface area (Å²) in [5.41, 5.74) is 0.696. The summed E-state index contributed by atoms with van der Waals surface area (Å²) in [5.74, 6) is 1.31. The minimum absolute atomic E-state index is 0.174. The SMILES string of the molecule is COCCCNc1cc(NCCc2ccccc2F)ncn1. The summed E-state index contributed by atoms with van der Waals surface area (Å²) >= 11 is 0. The summed E-state index contributed by atoms with van der Waals surface area (Å²) < 4.78 is 18.5. The van der Waals surface area contributed by atoms with Crippen LogP contribution in [0.2, 0.25) is 0 Å². The van der Waals surface area contributed by atoms with Crippen molar-refractivity contribution in [3.05, 3.63) is 48.0 Å². The first-order chi connectivity index (χ1) is 10.8. The van der Waals surface area contributed by atoms with Gasteiger partial charge in [-0.2, -0.15) is 0 Å². The summed E-state index contributed by atoms with van der Waals surface area (Å²) in [7, 11) is 1.68. The zero-order valence-corrected chi connectivity index (χ0v) is 12.7. The molecule has 118 valence electrons. The Balaban J connectivity index is 1.79. The summed E-state index contributed by atoms with van der Waals surface area (Å²) in [6, 6.07) is 8.64. The molecule has 0 aliphatic heterocycles. The summed E-state index contributed by atoms with van der Waals surface area (Å²) in [4.78, 5) is 8.31. The minimum atomic E-state index is -0.174. The predicted octanol–water partition coefficient (Wildman–Crippen LogP) is 2.72. The van der Waals surface area contributed by atoms with Gasteiger partial charge >= 0.3 is 0 Å². The van der Waals surface area contributed by atoms with Crippen LogP contribution in [0.1, 0.15) is 12.0 Å². The second-order valence-electron chi connectivity index (χ2n) is 4.83. The molecule has 0 fully saturated rings. The summed E-state index contributed by atoms with van der Waals surface area (Å²) in [6.45, 7) is 2.12. The topological polar surface area (TPSA) is 59.1 Å². The van der Waals surface area contributed by atoms with Crippen LogP contribution in [0.5, 0.6) is 0 Å². The fourth-order valence-electron chi connectivity index (χ4n) is 2.01. The minimum Gasteiger partial charge on any atom is -0.385 e. The fourth-order valence-corrected chi connectivity index (χ4v) is 2.01. The number of methoxy groups -OCH3 is 1. The van der Waals surface area contributed by atoms with Crippen LogP contribution in [-0.4, -0.2) is 36.8 Å². The highest BCUT2D eigenvalue weighted by Crippen LogP contribution is 2.10. The molecular weight excluding hydrogens is 283 g/mol. The Hall–Kier alpha value is -2.21. The van der Waals surface area contributed by atoms with Gasteiger partial charge in [-0.3, -0.25) is 0 Å². The van der Waals surface area contributed by atoms with E-state index in [4.69, 9.17) is 4.74 Å². The van der Waals surface area contributed by atoms with Gasteiger partial charge < -0.3 is 15.4 Å². The first-order valence-corrected chi connectivity index (χ1v) is 7.31. The van der Waals surface area contributed by atoms with Crippen LogP contribution >= 0.6 is 0 Å². The molecule has 1 aromatic carbocycles. The molecule has 0 saturated carbocycles. The van der Waals surface area contributed by atoms with Crippen molar-refractivity contribution in [1.82, 2.24) is 9.97 Å². The lowest BCUT2D eigenvalue weighted by atomic mass is 10.1. The monoisotopic (exact) mass is 304 g/mol. The Bertz CT molecular complexity index is 580. The molecule has 6 heteroatoms. The average molecular weight is 304 g/mol. The Labute approximate surface area is 129 Å². The number of anilines is 2. The predicted molar refractivity (Wildman–Crippen MR) is 85.6 cm³/mol. The molecule has 0 aliphatic carbocycles. The van der Waals surface area contributed by atoms with E-state index in [0.717, 1.165) is 24.6 Å². The van der Waals surface area contributed by atoms with Crippen LogP contribution in [0.3, 0.4) is 0 Å². The van der Waals surface area contributed by atoms with Gasteiger partial charge in [0.05, 0.1) is 0 Å². The summed E-state index contributed by atoms with van der Waals surface area (Å²) in [6.07, 6.45) is 3.02. The molecule has 0 saturated heterocycles. The van der Waals surface area contributed by atoms with E-state index >= 15 is 0 Å². The van der Waals surface area contributed by atoms with Gasteiger partial charge in [0, 0.05) is 32.9 Å². The van der Waals surface area contributed by atoms with E-state index < -0.39 is 0 Å². The van der Waals surface area contributed by atoms with Crippen molar-refractivity contribution in [1.29, 1.82) is 0 Å². The Kier molecular flexibility index (Phi) is 6.57. The van der Waals surface area contributed by atoms with E-state index in [0.29, 0.717) is 25.1 Å². The second-order valence-corrected chi connectivity index (χ2v) is 4.83. The van der Waals surface area contributed by atoms with Crippen LogP contribution in [0.4, 0.5) is 16.0 Å². The Morgan fingerprint density at radius 2 is 1.82 bits per heavy atom. The van der Waals surface area contributed by atoms with Crippen molar-refractivity contribution in [3.8, 4) is 0 Å². The quantitative estimate of drug-likeness (QED) is 0.698. The van der Waals surface area contributed by atoms with E-state index in [9.17, 15) is 4.39 Å². The molecule has 0 aliphatic rings. The largest absolute Gasteiger partial charge is 0.385 e. The Morgan fingerprint density at radius 3 is 2.55 bits per heavy atom. The Morgan fingerprint density at radius 1 is 1.09 bits per heavy atom. The van der Waals surface area contributed by atoms with Crippen molar-refractivity contribution in [2.45, 2.75) is 12.8 Å². The smallest absolute Gasteiger partial charge is 0.131 e. The lowest BCUT2D eigenvalue weighted by Crippen LogP contribution is -2.10. The highest BCUT2D eigenvalue weighted by Gasteiger charge is 2.01. The summed E-state index contributed by atoms with van der Waals surface area (Å²) in [5, 5.41) is 6.39. The van der Waals surface area contributed by atoms with Crippen molar-refractivity contribution >= 4 is 11.6 Å². The maximum Gasteiger partial charge on any atom is 0.131 e. The number of hydrogen-bond acceptors (Lipinski definition) is 5. The van der Waals surface area contributed by atoms with Gasteiger partial charge in [0.2, 0.25) is 0 Å². The number of ether oxygens (including phenoxy) is 1. The van der Waals surface area contributed by atoms with Crippen LogP contribution in [0.15, 0.2) is 36.7 Å². The van der Waals surface area contributed by atoms with Gasteiger partial charge in [0.15, 0.2) is 0 Å². The van der Waals surface area contributed by atoms with Crippen molar-refractivity contribution in [2.24, 2.45) is 0 Å². The van der Waals surface area contributed by atoms with Crippen molar-refractivity contribution in [2.75, 3.05) is 37.4 Å². The van der Waals surface area contributed by atoms with Gasteiger partial charge in [0.25, 0.3) is 0 Å². The zero-order chi connectivity index (χ0) is 15.6. The molecule has 0 atom stereocenters. The zero-order valence-electron chi connectivity index (χ0n) is 12.7. The number of halogens is 1. The van der Waals surface area contributed by atoms with Crippen LogP contribution in [0.25, 0.3) is 0 Å². The highest BCUT2D eigenvalue weighted by molar-refractivity contribution is 5.46. The molecule has 1 aromatic heterocycles. The van der Waals surface area contributed by atoms with Gasteiger partial charge in [-0.25, -0.2) is 14.4 Å². The van der Waals surface area contributed by atoms with E-state index in [1.807, 2.05) is 12.1 Å². The van der Waals surface area contributed by atoms with Crippen molar-refractivity contribution in [3.63, 3.8) is 0 Å². The number of rotatable bonds is 9. The molecule has 1 heterocycles. The molecule has 5 nitrogen and oxygen atoms in total. The lowest BCUT2D eigenvalue weighted by Gasteiger charge is -2.09. The molecule has 2 aromatic rings. The number of aromatic nitrogens is 2. The van der Waals surface area contributed by atoms with Crippen LogP contribution in [-0.2, 0) is 11.2 Å². The number of nitrogens with zero attached hydrogens (tertiary/aromatic N) is 2. The molecule has 0 radical (unpaired) electrons. The highest BCUT2D eigenvalue weighted by atomic mass is 19.1. The van der Waals surface area contributed by atoms with Crippen LogP contribution in [0, 0.1) is 5.82 Å². The van der Waals surface area contributed by atoms with Gasteiger partial charge in [-0.15, -0.1) is 0 Å². The van der Waals surface area contributed by atoms with E-state index in [1.165, 1.54) is 12.4 Å². The van der Waals surface area contributed by atoms with E-state index in [1.54, 1.807) is 19.2 Å². The first-order valence-electron chi connectivity index (χ1n) is 7.31. The third-order valence-corrected chi connectivity index (χ3v) is 3.16. The average Bonchev–Trinajstić information content (AvgIpc) is 2.54. The van der Waals surface area contributed by atoms with E-state index in [2.05, 4.69) is 20.6 Å². The molecule has 0 unspecified atom stereocenters. The number of benzene rings is 1. The normalized spacial score (nSPS) is 10.5. The number of nitrogens with one attached hydrogen (secondary N) is 2. The maximum atomic E-state index is 13.5. The third-order valence-electron chi connectivity index (χ3n) is 3.16. The first kappa shape index (κ1) is 16.2. The molecule has 22 heavy (non-hydrogen) atoms. The molecule has 2 N–H and O–H groups in total. The van der Waals surface area contributed by atoms with Gasteiger partial charge in [-0.1, -0.05) is 18.2 Å². The lowest BCUT2D eigenvalue weighted by molar-refractivity contribution is 0.198. The van der Waals surface area contributed by atoms with E-state index in [-0.39, 0.29) is 5.82 Å². The van der Waals surface area contributed by atoms with Gasteiger partial charge in [0.1, 0.15) is 23.8 Å². The molecule has 0 bridgehead atoms. The van der Waals surface area contributed by atoms with Crippen molar-refractivity contribution < 1.29 is 9.13 Å². The molecule has 0 spiro atoms. The third kappa shape index (κ3) is 5.29. The standard InChI is InChI=1S/C16H21FN4O/c1-22-10-4-8-18-15-11-16(21-12-20-15)19-9-7-13-5-2-3-6-14(13)17/h2-3,5-6,11-12H,4,7-10H2,1H3,(H2,18,19,20,21).